The molecular weight excluding hydrogens is 270 g/mol. The molecule has 1 amide bonds. The third-order valence-corrected chi connectivity index (χ3v) is 3.56. The largest absolute Gasteiger partial charge is 0.489 e. The highest BCUT2D eigenvalue weighted by Gasteiger charge is 2.28. The van der Waals surface area contributed by atoms with E-state index in [4.69, 9.17) is 15.0 Å². The van der Waals surface area contributed by atoms with E-state index in [-0.39, 0.29) is 12.5 Å². The van der Waals surface area contributed by atoms with Crippen LogP contribution in [0.3, 0.4) is 0 Å². The number of ether oxygens (including phenoxy) is 1. The molecule has 1 aromatic carbocycles. The Morgan fingerprint density at radius 2 is 2.24 bits per heavy atom. The van der Waals surface area contributed by atoms with Gasteiger partial charge in [0.2, 0.25) is 0 Å². The van der Waals surface area contributed by atoms with Gasteiger partial charge in [-0.2, -0.15) is 0 Å². The first-order valence-electron chi connectivity index (χ1n) is 6.81. The van der Waals surface area contributed by atoms with E-state index in [0.29, 0.717) is 24.4 Å². The van der Waals surface area contributed by atoms with Crippen molar-refractivity contribution < 1.29 is 14.1 Å². The van der Waals surface area contributed by atoms with Crippen molar-refractivity contribution >= 4 is 11.6 Å². The van der Waals surface area contributed by atoms with Crippen molar-refractivity contribution in [2.75, 3.05) is 18.1 Å². The minimum atomic E-state index is -0.161. The predicted octanol–water partition coefficient (Wildman–Crippen LogP) is 1.79. The van der Waals surface area contributed by atoms with Gasteiger partial charge in [0.05, 0.1) is 12.2 Å². The fraction of sp³-hybridized carbons (Fsp3) is 0.333. The van der Waals surface area contributed by atoms with E-state index in [1.54, 1.807) is 4.90 Å². The number of carbonyl (C=O) groups excluding carboxylic acids is 1. The number of rotatable bonds is 2. The zero-order valence-electron chi connectivity index (χ0n) is 12.0. The second kappa shape index (κ2) is 5.21. The molecule has 0 unspecified atom stereocenters. The van der Waals surface area contributed by atoms with E-state index in [9.17, 15) is 4.79 Å². The molecule has 2 N–H and O–H groups in total. The normalized spacial score (nSPS) is 13.8. The third kappa shape index (κ3) is 2.27. The van der Waals surface area contributed by atoms with Crippen LogP contribution in [-0.2, 0) is 6.54 Å². The van der Waals surface area contributed by atoms with Gasteiger partial charge in [-0.25, -0.2) is 0 Å². The molecule has 1 aromatic heterocycles. The van der Waals surface area contributed by atoms with Gasteiger partial charge in [-0.1, -0.05) is 11.2 Å². The number of nitrogens with zero attached hydrogens (tertiary/aromatic N) is 2. The van der Waals surface area contributed by atoms with Crippen LogP contribution in [0.1, 0.15) is 27.2 Å². The lowest BCUT2D eigenvalue weighted by molar-refractivity contribution is 0.0975. The summed E-state index contributed by atoms with van der Waals surface area (Å²) in [6.45, 7) is 5.09. The smallest absolute Gasteiger partial charge is 0.263 e. The number of hydrogen-bond acceptors (Lipinski definition) is 5. The van der Waals surface area contributed by atoms with E-state index in [1.807, 2.05) is 26.0 Å². The van der Waals surface area contributed by atoms with Crippen molar-refractivity contribution in [3.05, 3.63) is 40.8 Å². The number of benzene rings is 1. The minimum absolute atomic E-state index is 0.161. The number of hydrogen-bond donors (Lipinski definition) is 1. The van der Waals surface area contributed by atoms with Crippen molar-refractivity contribution in [3.8, 4) is 5.75 Å². The average Bonchev–Trinajstić information content (AvgIpc) is 2.94. The van der Waals surface area contributed by atoms with Crippen LogP contribution in [0.15, 0.2) is 22.9 Å². The Kier molecular flexibility index (Phi) is 3.39. The van der Waals surface area contributed by atoms with Crippen LogP contribution >= 0.6 is 0 Å². The standard InChI is InChI=1S/C15H17N3O3/c1-9-5-10(2)14-13(6-9)18(3-4-20-14)15(19)11-8-21-17-12(11)7-16/h5-6,8H,3-4,7,16H2,1-2H3. The Hall–Kier alpha value is -2.34. The van der Waals surface area contributed by atoms with Crippen molar-refractivity contribution in [1.29, 1.82) is 0 Å². The fourth-order valence-electron chi connectivity index (χ4n) is 2.62. The van der Waals surface area contributed by atoms with Crippen molar-refractivity contribution in [2.24, 2.45) is 5.73 Å². The Labute approximate surface area is 122 Å². The number of carbonyl (C=O) groups is 1. The van der Waals surface area contributed by atoms with Gasteiger partial charge in [-0.3, -0.25) is 4.79 Å². The van der Waals surface area contributed by atoms with Crippen LogP contribution in [0, 0.1) is 13.8 Å². The zero-order valence-corrected chi connectivity index (χ0v) is 12.0. The van der Waals surface area contributed by atoms with Crippen molar-refractivity contribution in [3.63, 3.8) is 0 Å². The number of amides is 1. The summed E-state index contributed by atoms with van der Waals surface area (Å²) >= 11 is 0. The molecule has 2 aromatic rings. The first-order chi connectivity index (χ1) is 10.1. The van der Waals surface area contributed by atoms with Crippen LogP contribution in [0.25, 0.3) is 0 Å². The molecule has 0 bridgehead atoms. The summed E-state index contributed by atoms with van der Waals surface area (Å²) in [5.74, 6) is 0.595. The van der Waals surface area contributed by atoms with E-state index < -0.39 is 0 Å². The molecule has 110 valence electrons. The molecule has 0 saturated carbocycles. The van der Waals surface area contributed by atoms with Gasteiger partial charge in [-0.05, 0) is 31.0 Å². The minimum Gasteiger partial charge on any atom is -0.489 e. The first kappa shape index (κ1) is 13.6. The highest BCUT2D eigenvalue weighted by molar-refractivity contribution is 6.07. The van der Waals surface area contributed by atoms with Gasteiger partial charge < -0.3 is 19.9 Å². The van der Waals surface area contributed by atoms with Crippen molar-refractivity contribution in [1.82, 2.24) is 5.16 Å². The second-order valence-electron chi connectivity index (χ2n) is 5.11. The Bertz CT molecular complexity index is 693. The highest BCUT2D eigenvalue weighted by Crippen LogP contribution is 2.36. The van der Waals surface area contributed by atoms with E-state index in [2.05, 4.69) is 5.16 Å². The highest BCUT2D eigenvalue weighted by atomic mass is 16.5. The van der Waals surface area contributed by atoms with E-state index in [1.165, 1.54) is 6.26 Å². The molecule has 1 aliphatic rings. The topological polar surface area (TPSA) is 81.6 Å². The quantitative estimate of drug-likeness (QED) is 0.910. The lowest BCUT2D eigenvalue weighted by Gasteiger charge is -2.30. The van der Waals surface area contributed by atoms with Crippen LogP contribution in [0.2, 0.25) is 0 Å². The maximum atomic E-state index is 12.7. The fourth-order valence-corrected chi connectivity index (χ4v) is 2.62. The maximum Gasteiger partial charge on any atom is 0.263 e. The summed E-state index contributed by atoms with van der Waals surface area (Å²) < 4.78 is 10.6. The monoisotopic (exact) mass is 287 g/mol. The van der Waals surface area contributed by atoms with E-state index in [0.717, 1.165) is 22.6 Å². The Morgan fingerprint density at radius 1 is 1.43 bits per heavy atom. The maximum absolute atomic E-state index is 12.7. The van der Waals surface area contributed by atoms with E-state index >= 15 is 0 Å². The summed E-state index contributed by atoms with van der Waals surface area (Å²) in [6, 6.07) is 3.99. The molecule has 0 saturated heterocycles. The molecule has 0 aliphatic carbocycles. The van der Waals surface area contributed by atoms with Crippen LogP contribution in [-0.4, -0.2) is 24.2 Å². The molecule has 1 aliphatic heterocycles. The van der Waals surface area contributed by atoms with Gasteiger partial charge in [0.1, 0.15) is 29.9 Å². The molecule has 3 rings (SSSR count). The SMILES string of the molecule is Cc1cc(C)c2c(c1)N(C(=O)c1conc1CN)CCO2. The number of fused-ring (bicyclic) bond motifs is 1. The van der Waals surface area contributed by atoms with Gasteiger partial charge >= 0.3 is 0 Å². The average molecular weight is 287 g/mol. The summed E-state index contributed by atoms with van der Waals surface area (Å²) in [4.78, 5) is 14.4. The Balaban J connectivity index is 2.04. The lowest BCUT2D eigenvalue weighted by Crippen LogP contribution is -2.38. The zero-order chi connectivity index (χ0) is 15.0. The first-order valence-corrected chi connectivity index (χ1v) is 6.81. The summed E-state index contributed by atoms with van der Waals surface area (Å²) in [7, 11) is 0. The molecule has 0 fully saturated rings. The number of nitrogens with two attached hydrogens (primary N) is 1. The molecule has 2 heterocycles. The second-order valence-corrected chi connectivity index (χ2v) is 5.11. The third-order valence-electron chi connectivity index (χ3n) is 3.56. The van der Waals surface area contributed by atoms with Gasteiger partial charge in [0, 0.05) is 6.54 Å². The van der Waals surface area contributed by atoms with Crippen LogP contribution < -0.4 is 15.4 Å². The Morgan fingerprint density at radius 3 is 3.00 bits per heavy atom. The number of aryl methyl sites for hydroxylation is 2. The molecule has 6 heteroatoms. The van der Waals surface area contributed by atoms with Gasteiger partial charge in [0.15, 0.2) is 0 Å². The molecule has 0 atom stereocenters. The van der Waals surface area contributed by atoms with Crippen LogP contribution in [0.4, 0.5) is 5.69 Å². The van der Waals surface area contributed by atoms with Gasteiger partial charge in [0.25, 0.3) is 5.91 Å². The van der Waals surface area contributed by atoms with Crippen LogP contribution in [0.5, 0.6) is 5.75 Å². The molecular formula is C15H17N3O3. The van der Waals surface area contributed by atoms with Crippen molar-refractivity contribution in [2.45, 2.75) is 20.4 Å². The van der Waals surface area contributed by atoms with Gasteiger partial charge in [-0.15, -0.1) is 0 Å². The molecule has 0 radical (unpaired) electrons. The lowest BCUT2D eigenvalue weighted by atomic mass is 10.1. The summed E-state index contributed by atoms with van der Waals surface area (Å²) in [5.41, 5.74) is 9.35. The summed E-state index contributed by atoms with van der Waals surface area (Å²) in [5, 5.41) is 3.76. The molecule has 6 nitrogen and oxygen atoms in total. The number of anilines is 1. The summed E-state index contributed by atoms with van der Waals surface area (Å²) in [6.07, 6.45) is 1.35. The number of aromatic nitrogens is 1. The molecule has 0 spiro atoms. The predicted molar refractivity (Wildman–Crippen MR) is 77.5 cm³/mol. The molecule has 21 heavy (non-hydrogen) atoms.